The highest BCUT2D eigenvalue weighted by Gasteiger charge is 2.66. The fourth-order valence-electron chi connectivity index (χ4n) is 4.65. The Bertz CT molecular complexity index is 487. The zero-order valence-corrected chi connectivity index (χ0v) is 12.4. The van der Waals surface area contributed by atoms with Crippen molar-refractivity contribution in [1.82, 2.24) is 0 Å². The molecule has 0 aromatic heterocycles. The molecule has 0 radical (unpaired) electrons. The summed E-state index contributed by atoms with van der Waals surface area (Å²) in [5, 5.41) is 0. The van der Waals surface area contributed by atoms with Gasteiger partial charge in [0, 0.05) is 13.0 Å². The smallest absolute Gasteiger partial charge is 0.309 e. The molecule has 0 aromatic carbocycles. The fourth-order valence-corrected chi connectivity index (χ4v) is 4.65. The fraction of sp³-hybridized carbons (Fsp3) is 0.800. The monoisotopic (exact) mass is 296 g/mol. The SMILES string of the molecule is COC(=O)C1C(C(C)=O)C2C[C@H]3OCC(=O)[C@@H](C21)[C@H]3OC. The van der Waals surface area contributed by atoms with Crippen LogP contribution >= 0.6 is 0 Å². The van der Waals surface area contributed by atoms with E-state index in [-0.39, 0.29) is 54.1 Å². The summed E-state index contributed by atoms with van der Waals surface area (Å²) in [7, 11) is 2.87. The van der Waals surface area contributed by atoms with Gasteiger partial charge in [0.15, 0.2) is 5.78 Å². The molecular formula is C15H20O6. The molecule has 2 aliphatic carbocycles. The molecule has 6 nitrogen and oxygen atoms in total. The lowest BCUT2D eigenvalue weighted by atomic mass is 9.46. The number of esters is 1. The van der Waals surface area contributed by atoms with Crippen LogP contribution in [0.3, 0.4) is 0 Å². The van der Waals surface area contributed by atoms with Crippen molar-refractivity contribution in [1.29, 1.82) is 0 Å². The summed E-state index contributed by atoms with van der Waals surface area (Å²) in [6, 6.07) is 0. The van der Waals surface area contributed by atoms with Gasteiger partial charge in [0.1, 0.15) is 12.4 Å². The highest BCUT2D eigenvalue weighted by molar-refractivity contribution is 5.91. The number of Topliss-reactive ketones (excluding diaryl/α,β-unsaturated/α-hetero) is 2. The summed E-state index contributed by atoms with van der Waals surface area (Å²) in [4.78, 5) is 36.2. The molecule has 3 aliphatic rings. The second-order valence-electron chi connectivity index (χ2n) is 6.20. The number of fused-ring (bicyclic) bond motifs is 4. The van der Waals surface area contributed by atoms with Crippen LogP contribution in [0.5, 0.6) is 0 Å². The lowest BCUT2D eigenvalue weighted by molar-refractivity contribution is -0.224. The third kappa shape index (κ3) is 1.96. The Balaban J connectivity index is 1.95. The van der Waals surface area contributed by atoms with Crippen LogP contribution in [0.1, 0.15) is 13.3 Å². The number of ketones is 2. The molecule has 4 unspecified atom stereocenters. The summed E-state index contributed by atoms with van der Waals surface area (Å²) < 4.78 is 15.9. The molecule has 1 heterocycles. The molecule has 2 saturated carbocycles. The molecule has 6 heteroatoms. The van der Waals surface area contributed by atoms with Crippen LogP contribution in [0.15, 0.2) is 0 Å². The Hall–Kier alpha value is -1.27. The summed E-state index contributed by atoms with van der Waals surface area (Å²) in [6.45, 7) is 1.56. The van der Waals surface area contributed by atoms with Gasteiger partial charge in [-0.25, -0.2) is 0 Å². The quantitative estimate of drug-likeness (QED) is 0.694. The maximum Gasteiger partial charge on any atom is 0.309 e. The van der Waals surface area contributed by atoms with E-state index in [1.807, 2.05) is 0 Å². The van der Waals surface area contributed by atoms with Crippen molar-refractivity contribution in [3.05, 3.63) is 0 Å². The van der Waals surface area contributed by atoms with Gasteiger partial charge in [0.05, 0.1) is 31.2 Å². The molecule has 116 valence electrons. The first kappa shape index (κ1) is 14.7. The Kier molecular flexibility index (Phi) is 3.61. The standard InChI is InChI=1S/C15H20O6/c1-6(16)10-7-4-9-14(19-2)12(8(17)5-21-9)11(7)13(10)15(18)20-3/h7,9-14H,4-5H2,1-3H3/t7?,9-,10?,11?,12+,13?,14+/m1/s1. The van der Waals surface area contributed by atoms with Crippen molar-refractivity contribution < 1.29 is 28.6 Å². The van der Waals surface area contributed by atoms with E-state index in [0.29, 0.717) is 6.42 Å². The van der Waals surface area contributed by atoms with Crippen molar-refractivity contribution in [2.75, 3.05) is 20.8 Å². The van der Waals surface area contributed by atoms with Gasteiger partial charge in [-0.2, -0.15) is 0 Å². The molecular weight excluding hydrogens is 276 g/mol. The molecule has 3 fully saturated rings. The summed E-state index contributed by atoms with van der Waals surface area (Å²) in [5.74, 6) is -1.86. The Labute approximate surface area is 123 Å². The topological polar surface area (TPSA) is 78.9 Å². The van der Waals surface area contributed by atoms with Crippen molar-refractivity contribution in [3.63, 3.8) is 0 Å². The minimum atomic E-state index is -0.525. The van der Waals surface area contributed by atoms with E-state index >= 15 is 0 Å². The van der Waals surface area contributed by atoms with Gasteiger partial charge in [-0.1, -0.05) is 0 Å². The van der Waals surface area contributed by atoms with Crippen LogP contribution in [0.4, 0.5) is 0 Å². The minimum absolute atomic E-state index is 0.0113. The first-order valence-corrected chi connectivity index (χ1v) is 7.26. The maximum absolute atomic E-state index is 12.3. The van der Waals surface area contributed by atoms with E-state index in [4.69, 9.17) is 14.2 Å². The summed E-state index contributed by atoms with van der Waals surface area (Å²) in [6.07, 6.45) is 0.164. The average molecular weight is 296 g/mol. The molecule has 0 spiro atoms. The van der Waals surface area contributed by atoms with Gasteiger partial charge < -0.3 is 14.2 Å². The summed E-state index contributed by atoms with van der Waals surface area (Å²) in [5.41, 5.74) is 0. The van der Waals surface area contributed by atoms with Crippen LogP contribution in [-0.2, 0) is 28.6 Å². The number of ether oxygens (including phenoxy) is 3. The molecule has 1 saturated heterocycles. The van der Waals surface area contributed by atoms with Gasteiger partial charge in [-0.15, -0.1) is 0 Å². The lowest BCUT2D eigenvalue weighted by Gasteiger charge is -2.59. The third-order valence-corrected chi connectivity index (χ3v) is 5.42. The predicted molar refractivity (Wildman–Crippen MR) is 70.3 cm³/mol. The Morgan fingerprint density at radius 1 is 1.24 bits per heavy atom. The van der Waals surface area contributed by atoms with Crippen LogP contribution in [-0.4, -0.2) is 50.6 Å². The number of hydrogen-bond donors (Lipinski definition) is 0. The number of carbonyl (C=O) groups excluding carboxylic acids is 3. The third-order valence-electron chi connectivity index (χ3n) is 5.42. The van der Waals surface area contributed by atoms with Gasteiger partial charge >= 0.3 is 5.97 Å². The van der Waals surface area contributed by atoms with Gasteiger partial charge in [-0.3, -0.25) is 14.4 Å². The van der Waals surface area contributed by atoms with Crippen LogP contribution in [0.25, 0.3) is 0 Å². The second kappa shape index (κ2) is 5.18. The molecule has 3 rings (SSSR count). The number of rotatable bonds is 3. The Morgan fingerprint density at radius 3 is 2.52 bits per heavy atom. The highest BCUT2D eigenvalue weighted by Crippen LogP contribution is 2.58. The molecule has 0 aromatic rings. The van der Waals surface area contributed by atoms with E-state index in [2.05, 4.69) is 0 Å². The van der Waals surface area contributed by atoms with E-state index in [0.717, 1.165) is 0 Å². The Morgan fingerprint density at radius 2 is 1.95 bits per heavy atom. The van der Waals surface area contributed by atoms with E-state index in [9.17, 15) is 14.4 Å². The first-order valence-electron chi connectivity index (χ1n) is 7.26. The lowest BCUT2D eigenvalue weighted by Crippen LogP contribution is -2.68. The molecule has 21 heavy (non-hydrogen) atoms. The van der Waals surface area contributed by atoms with Crippen LogP contribution in [0, 0.1) is 29.6 Å². The van der Waals surface area contributed by atoms with Crippen molar-refractivity contribution >= 4 is 17.5 Å². The number of carbonyl (C=O) groups is 3. The molecule has 2 bridgehead atoms. The minimum Gasteiger partial charge on any atom is -0.469 e. The zero-order valence-electron chi connectivity index (χ0n) is 12.4. The van der Waals surface area contributed by atoms with E-state index in [1.54, 1.807) is 7.11 Å². The van der Waals surface area contributed by atoms with Crippen molar-refractivity contribution in [2.45, 2.75) is 25.6 Å². The largest absolute Gasteiger partial charge is 0.469 e. The van der Waals surface area contributed by atoms with Crippen molar-refractivity contribution in [3.8, 4) is 0 Å². The van der Waals surface area contributed by atoms with Crippen molar-refractivity contribution in [2.24, 2.45) is 29.6 Å². The summed E-state index contributed by atoms with van der Waals surface area (Å²) >= 11 is 0. The van der Waals surface area contributed by atoms with Gasteiger partial charge in [0.2, 0.25) is 0 Å². The predicted octanol–water partition coefficient (Wildman–Crippen LogP) is 0.230. The number of methoxy groups -OCH3 is 2. The normalized spacial score (nSPS) is 44.5. The van der Waals surface area contributed by atoms with Gasteiger partial charge in [0.25, 0.3) is 0 Å². The van der Waals surface area contributed by atoms with E-state index < -0.39 is 11.9 Å². The molecule has 0 amide bonds. The average Bonchev–Trinajstić information content (AvgIpc) is 2.44. The molecule has 1 aliphatic heterocycles. The maximum atomic E-state index is 12.3. The second-order valence-corrected chi connectivity index (χ2v) is 6.20. The molecule has 7 atom stereocenters. The number of hydrogen-bond acceptors (Lipinski definition) is 6. The van der Waals surface area contributed by atoms with Crippen LogP contribution < -0.4 is 0 Å². The van der Waals surface area contributed by atoms with Gasteiger partial charge in [-0.05, 0) is 25.2 Å². The van der Waals surface area contributed by atoms with Crippen LogP contribution in [0.2, 0.25) is 0 Å². The highest BCUT2D eigenvalue weighted by atomic mass is 16.5. The zero-order chi connectivity index (χ0) is 15.3. The first-order chi connectivity index (χ1) is 10.0. The molecule has 0 N–H and O–H groups in total. The van der Waals surface area contributed by atoms with E-state index in [1.165, 1.54) is 14.0 Å².